The number of hydrogen-bond donors (Lipinski definition) is 0. The molecule has 0 fully saturated rings. The van der Waals surface area contributed by atoms with E-state index >= 15 is 0 Å². The van der Waals surface area contributed by atoms with E-state index in [1.54, 1.807) is 24.3 Å². The molecule has 0 bridgehead atoms. The van der Waals surface area contributed by atoms with Crippen LogP contribution in [0.2, 0.25) is 5.02 Å². The second kappa shape index (κ2) is 6.32. The summed E-state index contributed by atoms with van der Waals surface area (Å²) in [7, 11) is -0.913. The summed E-state index contributed by atoms with van der Waals surface area (Å²) < 4.78 is 52.7. The standard InChI is InChI=1S/C15H14ClF2NO2S/c1-19(2)22(20,21)9-11-7-13(17)8-14(18)15(11)10-3-5-12(16)6-4-10/h3-8H,9H2,1-2H3. The summed E-state index contributed by atoms with van der Waals surface area (Å²) in [6.45, 7) is 0. The van der Waals surface area contributed by atoms with Gasteiger partial charge in [-0.05, 0) is 29.3 Å². The average Bonchev–Trinajstić information content (AvgIpc) is 2.39. The maximum absolute atomic E-state index is 14.2. The highest BCUT2D eigenvalue weighted by Crippen LogP contribution is 2.30. The maximum Gasteiger partial charge on any atom is 0.217 e. The molecule has 3 nitrogen and oxygen atoms in total. The Morgan fingerprint density at radius 1 is 1.09 bits per heavy atom. The van der Waals surface area contributed by atoms with Crippen LogP contribution in [0.4, 0.5) is 8.78 Å². The minimum atomic E-state index is -3.65. The highest BCUT2D eigenvalue weighted by molar-refractivity contribution is 7.88. The average molecular weight is 346 g/mol. The SMILES string of the molecule is CN(C)S(=O)(=O)Cc1cc(F)cc(F)c1-c1ccc(Cl)cc1. The Kier molecular flexibility index (Phi) is 4.84. The first-order valence-corrected chi connectivity index (χ1v) is 8.33. The summed E-state index contributed by atoms with van der Waals surface area (Å²) in [6.07, 6.45) is 0. The van der Waals surface area contributed by atoms with E-state index in [0.717, 1.165) is 16.4 Å². The predicted molar refractivity (Wildman–Crippen MR) is 83.1 cm³/mol. The fraction of sp³-hybridized carbons (Fsp3) is 0.200. The quantitative estimate of drug-likeness (QED) is 0.847. The molecule has 0 radical (unpaired) electrons. The van der Waals surface area contributed by atoms with E-state index in [0.29, 0.717) is 10.6 Å². The van der Waals surface area contributed by atoms with Crippen molar-refractivity contribution < 1.29 is 17.2 Å². The molecule has 2 aromatic rings. The van der Waals surface area contributed by atoms with Crippen LogP contribution in [-0.2, 0) is 15.8 Å². The van der Waals surface area contributed by atoms with Crippen molar-refractivity contribution in [3.8, 4) is 11.1 Å². The van der Waals surface area contributed by atoms with Crippen LogP contribution in [0.1, 0.15) is 5.56 Å². The smallest absolute Gasteiger partial charge is 0.212 e. The third kappa shape index (κ3) is 3.63. The van der Waals surface area contributed by atoms with Gasteiger partial charge < -0.3 is 0 Å². The largest absolute Gasteiger partial charge is 0.217 e. The van der Waals surface area contributed by atoms with Gasteiger partial charge in [0.1, 0.15) is 11.6 Å². The maximum atomic E-state index is 14.2. The molecule has 0 heterocycles. The predicted octanol–water partition coefficient (Wildman–Crippen LogP) is 3.68. The molecule has 0 unspecified atom stereocenters. The number of hydrogen-bond acceptors (Lipinski definition) is 2. The monoisotopic (exact) mass is 345 g/mol. The topological polar surface area (TPSA) is 37.4 Å². The molecule has 0 spiro atoms. The van der Waals surface area contributed by atoms with Gasteiger partial charge in [-0.3, -0.25) is 0 Å². The molecular formula is C15H14ClF2NO2S. The molecule has 118 valence electrons. The molecule has 0 N–H and O–H groups in total. The zero-order valence-electron chi connectivity index (χ0n) is 12.0. The minimum Gasteiger partial charge on any atom is -0.212 e. The van der Waals surface area contributed by atoms with Crippen molar-refractivity contribution >= 4 is 21.6 Å². The summed E-state index contributed by atoms with van der Waals surface area (Å²) in [5, 5.41) is 0.466. The number of nitrogens with zero attached hydrogens (tertiary/aromatic N) is 1. The van der Waals surface area contributed by atoms with Crippen molar-refractivity contribution in [1.29, 1.82) is 0 Å². The second-order valence-electron chi connectivity index (χ2n) is 4.97. The number of sulfonamides is 1. The van der Waals surface area contributed by atoms with Crippen molar-refractivity contribution in [2.24, 2.45) is 0 Å². The van der Waals surface area contributed by atoms with Gasteiger partial charge in [0.25, 0.3) is 0 Å². The Bertz CT molecular complexity index is 790. The van der Waals surface area contributed by atoms with E-state index in [-0.39, 0.29) is 11.1 Å². The van der Waals surface area contributed by atoms with Crippen molar-refractivity contribution in [1.82, 2.24) is 4.31 Å². The lowest BCUT2D eigenvalue weighted by molar-refractivity contribution is 0.519. The molecule has 0 atom stereocenters. The summed E-state index contributed by atoms with van der Waals surface area (Å²) in [4.78, 5) is 0. The lowest BCUT2D eigenvalue weighted by atomic mass is 10.00. The van der Waals surface area contributed by atoms with Crippen LogP contribution in [0.15, 0.2) is 36.4 Å². The minimum absolute atomic E-state index is 0.0588. The Hall–Kier alpha value is -1.50. The molecule has 7 heteroatoms. The van der Waals surface area contributed by atoms with Gasteiger partial charge in [-0.1, -0.05) is 23.7 Å². The Labute approximate surface area is 133 Å². The first-order chi connectivity index (χ1) is 10.2. The van der Waals surface area contributed by atoms with Crippen LogP contribution in [0.3, 0.4) is 0 Å². The van der Waals surface area contributed by atoms with Gasteiger partial charge in [-0.2, -0.15) is 0 Å². The van der Waals surface area contributed by atoms with Gasteiger partial charge in [0.05, 0.1) is 5.75 Å². The van der Waals surface area contributed by atoms with Crippen molar-refractivity contribution in [2.45, 2.75) is 5.75 Å². The molecule has 0 aliphatic heterocycles. The molecule has 0 saturated carbocycles. The number of halogens is 3. The highest BCUT2D eigenvalue weighted by atomic mass is 35.5. The van der Waals surface area contributed by atoms with Gasteiger partial charge in [0.2, 0.25) is 10.0 Å². The molecule has 0 saturated heterocycles. The van der Waals surface area contributed by atoms with E-state index in [1.165, 1.54) is 14.1 Å². The van der Waals surface area contributed by atoms with Gasteiger partial charge >= 0.3 is 0 Å². The summed E-state index contributed by atoms with van der Waals surface area (Å²) in [5.41, 5.74) is 0.558. The molecule has 0 amide bonds. The lowest BCUT2D eigenvalue weighted by Gasteiger charge is -2.15. The first-order valence-electron chi connectivity index (χ1n) is 6.35. The zero-order chi connectivity index (χ0) is 16.5. The fourth-order valence-corrected chi connectivity index (χ4v) is 3.01. The summed E-state index contributed by atoms with van der Waals surface area (Å²) in [6, 6.07) is 8.01. The third-order valence-corrected chi connectivity index (χ3v) is 5.20. The lowest BCUT2D eigenvalue weighted by Crippen LogP contribution is -2.24. The molecular weight excluding hydrogens is 332 g/mol. The molecule has 0 aliphatic carbocycles. The second-order valence-corrected chi connectivity index (χ2v) is 7.59. The Morgan fingerprint density at radius 3 is 2.23 bits per heavy atom. The van der Waals surface area contributed by atoms with E-state index in [2.05, 4.69) is 0 Å². The molecule has 0 aromatic heterocycles. The molecule has 2 aromatic carbocycles. The summed E-state index contributed by atoms with van der Waals surface area (Å²) >= 11 is 5.80. The van der Waals surface area contributed by atoms with Gasteiger partial charge in [-0.25, -0.2) is 21.5 Å². The fourth-order valence-electron chi connectivity index (χ4n) is 2.01. The summed E-state index contributed by atoms with van der Waals surface area (Å²) in [5.74, 6) is -2.13. The Morgan fingerprint density at radius 2 is 1.68 bits per heavy atom. The van der Waals surface area contributed by atoms with Gasteiger partial charge in [0, 0.05) is 30.7 Å². The molecule has 0 aliphatic rings. The van der Waals surface area contributed by atoms with Crippen LogP contribution in [0.5, 0.6) is 0 Å². The first kappa shape index (κ1) is 16.9. The van der Waals surface area contributed by atoms with Crippen LogP contribution in [0.25, 0.3) is 11.1 Å². The van der Waals surface area contributed by atoms with Crippen molar-refractivity contribution in [3.05, 3.63) is 58.6 Å². The molecule has 22 heavy (non-hydrogen) atoms. The van der Waals surface area contributed by atoms with E-state index in [9.17, 15) is 17.2 Å². The van der Waals surface area contributed by atoms with Crippen molar-refractivity contribution in [3.63, 3.8) is 0 Å². The van der Waals surface area contributed by atoms with Crippen LogP contribution in [0, 0.1) is 11.6 Å². The zero-order valence-corrected chi connectivity index (χ0v) is 13.5. The van der Waals surface area contributed by atoms with E-state index in [1.807, 2.05) is 0 Å². The normalized spacial score (nSPS) is 11.9. The van der Waals surface area contributed by atoms with Crippen LogP contribution >= 0.6 is 11.6 Å². The van der Waals surface area contributed by atoms with Crippen LogP contribution in [-0.4, -0.2) is 26.8 Å². The van der Waals surface area contributed by atoms with Gasteiger partial charge in [-0.15, -0.1) is 0 Å². The number of benzene rings is 2. The third-order valence-electron chi connectivity index (χ3n) is 3.16. The van der Waals surface area contributed by atoms with E-state index in [4.69, 9.17) is 11.6 Å². The molecule has 2 rings (SSSR count). The van der Waals surface area contributed by atoms with Crippen LogP contribution < -0.4 is 0 Å². The van der Waals surface area contributed by atoms with Gasteiger partial charge in [0.15, 0.2) is 0 Å². The van der Waals surface area contributed by atoms with Crippen molar-refractivity contribution in [2.75, 3.05) is 14.1 Å². The highest BCUT2D eigenvalue weighted by Gasteiger charge is 2.21. The number of rotatable bonds is 4. The van der Waals surface area contributed by atoms with E-state index < -0.39 is 27.4 Å². The Balaban J connectivity index is 2.61.